The lowest BCUT2D eigenvalue weighted by atomic mass is 9.85. The molecule has 0 radical (unpaired) electrons. The van der Waals surface area contributed by atoms with Crippen molar-refractivity contribution in [2.75, 3.05) is 0 Å². The van der Waals surface area contributed by atoms with Gasteiger partial charge in [-0.15, -0.1) is 0 Å². The van der Waals surface area contributed by atoms with Gasteiger partial charge in [0.25, 0.3) is 0 Å². The van der Waals surface area contributed by atoms with Crippen LogP contribution in [-0.2, 0) is 0 Å². The molecular weight excluding hydrogens is 769 g/mol. The van der Waals surface area contributed by atoms with E-state index in [1.165, 1.54) is 121 Å². The SMILES string of the molecule is c1ccc(-c2ccc3cc(-c4ccc(-c5c6ccccc6c(-c6ccc(-c7ccc(-c8ccc(-c9ccc%10ccccc%10c9)cc8)cc7)cc6)c6ccccc56)cc4)ccc3c2)cc1. The molecule has 0 aromatic heterocycles. The summed E-state index contributed by atoms with van der Waals surface area (Å²) in [6.07, 6.45) is 0. The fourth-order valence-corrected chi connectivity index (χ4v) is 9.72. The van der Waals surface area contributed by atoms with Gasteiger partial charge in [0.15, 0.2) is 0 Å². The van der Waals surface area contributed by atoms with E-state index in [1.54, 1.807) is 0 Å². The van der Waals surface area contributed by atoms with Crippen molar-refractivity contribution in [2.24, 2.45) is 0 Å². The van der Waals surface area contributed by atoms with Gasteiger partial charge < -0.3 is 0 Å². The van der Waals surface area contributed by atoms with Crippen molar-refractivity contribution in [2.45, 2.75) is 0 Å². The topological polar surface area (TPSA) is 0 Å². The summed E-state index contributed by atoms with van der Waals surface area (Å²) in [6, 6.07) is 93.4. The van der Waals surface area contributed by atoms with Crippen LogP contribution in [0, 0.1) is 0 Å². The lowest BCUT2D eigenvalue weighted by Crippen LogP contribution is -1.91. The summed E-state index contributed by atoms with van der Waals surface area (Å²) < 4.78 is 0. The number of fused-ring (bicyclic) bond motifs is 4. The predicted molar refractivity (Wildman–Crippen MR) is 275 cm³/mol. The third-order valence-corrected chi connectivity index (χ3v) is 13.1. The summed E-state index contributed by atoms with van der Waals surface area (Å²) in [7, 11) is 0. The van der Waals surface area contributed by atoms with E-state index in [-0.39, 0.29) is 0 Å². The Labute approximate surface area is 374 Å². The van der Waals surface area contributed by atoms with Crippen molar-refractivity contribution in [3.63, 3.8) is 0 Å². The van der Waals surface area contributed by atoms with Crippen molar-refractivity contribution in [1.29, 1.82) is 0 Å². The minimum absolute atomic E-state index is 1.20. The molecule has 0 spiro atoms. The molecule has 0 N–H and O–H groups in total. The van der Waals surface area contributed by atoms with Crippen LogP contribution < -0.4 is 0 Å². The van der Waals surface area contributed by atoms with Gasteiger partial charge >= 0.3 is 0 Å². The van der Waals surface area contributed by atoms with E-state index < -0.39 is 0 Å². The van der Waals surface area contributed by atoms with Gasteiger partial charge in [-0.1, -0.05) is 237 Å². The summed E-state index contributed by atoms with van der Waals surface area (Å²) >= 11 is 0. The van der Waals surface area contributed by atoms with Crippen LogP contribution in [0.3, 0.4) is 0 Å². The number of rotatable bonds is 7. The highest BCUT2D eigenvalue weighted by atomic mass is 14.2. The van der Waals surface area contributed by atoms with Gasteiger partial charge in [-0.05, 0) is 139 Å². The van der Waals surface area contributed by atoms with Crippen LogP contribution in [0.2, 0.25) is 0 Å². The monoisotopic (exact) mass is 810 g/mol. The molecule has 0 saturated carbocycles. The number of benzene rings is 12. The predicted octanol–water partition coefficient (Wildman–Crippen LogP) is 18.0. The zero-order valence-corrected chi connectivity index (χ0v) is 35.2. The second kappa shape index (κ2) is 15.9. The average molecular weight is 811 g/mol. The lowest BCUT2D eigenvalue weighted by molar-refractivity contribution is 1.58. The van der Waals surface area contributed by atoms with E-state index in [2.05, 4.69) is 255 Å². The Kier molecular flexibility index (Phi) is 9.28. The molecule has 0 aliphatic heterocycles. The highest BCUT2D eigenvalue weighted by molar-refractivity contribution is 6.21. The van der Waals surface area contributed by atoms with E-state index in [0.29, 0.717) is 0 Å². The molecular formula is C64H42. The molecule has 0 saturated heterocycles. The maximum Gasteiger partial charge on any atom is -0.00264 e. The maximum atomic E-state index is 2.31. The second-order valence-electron chi connectivity index (χ2n) is 16.9. The van der Waals surface area contributed by atoms with Crippen LogP contribution in [0.25, 0.3) is 121 Å². The molecule has 12 rings (SSSR count). The molecule has 0 bridgehead atoms. The Morgan fingerprint density at radius 2 is 0.375 bits per heavy atom. The third kappa shape index (κ3) is 6.83. The van der Waals surface area contributed by atoms with Crippen LogP contribution in [-0.4, -0.2) is 0 Å². The largest absolute Gasteiger partial charge is 0.0622 e. The summed E-state index contributed by atoms with van der Waals surface area (Å²) in [4.78, 5) is 0. The fraction of sp³-hybridized carbons (Fsp3) is 0. The molecule has 0 aliphatic rings. The standard InChI is InChI=1S/C64H42/c1-2-10-43(11-3-1)54-36-38-58-42-56(37-39-57(58)41-54)50-28-33-52(34-29-50)64-61-16-8-6-14-59(61)63(60-15-7-9-17-62(60)64)51-31-26-48(27-32-51)46-20-18-45(19-21-46)47-22-24-49(25-23-47)55-35-30-44-12-4-5-13-53(44)40-55/h1-42H. The first-order valence-corrected chi connectivity index (χ1v) is 22.1. The highest BCUT2D eigenvalue weighted by Gasteiger charge is 2.17. The van der Waals surface area contributed by atoms with E-state index in [0.717, 1.165) is 0 Å². The van der Waals surface area contributed by atoms with Gasteiger partial charge in [-0.25, -0.2) is 0 Å². The number of hydrogen-bond donors (Lipinski definition) is 0. The zero-order chi connectivity index (χ0) is 42.4. The summed E-state index contributed by atoms with van der Waals surface area (Å²) in [5.74, 6) is 0. The van der Waals surface area contributed by atoms with Gasteiger partial charge in [0.2, 0.25) is 0 Å². The second-order valence-corrected chi connectivity index (χ2v) is 16.9. The quantitative estimate of drug-likeness (QED) is 0.141. The van der Waals surface area contributed by atoms with E-state index in [4.69, 9.17) is 0 Å². The summed E-state index contributed by atoms with van der Waals surface area (Å²) in [5.41, 5.74) is 17.2. The minimum atomic E-state index is 1.20. The Morgan fingerprint density at radius 1 is 0.141 bits per heavy atom. The summed E-state index contributed by atoms with van der Waals surface area (Å²) in [5, 5.41) is 10.1. The first kappa shape index (κ1) is 37.4. The first-order valence-electron chi connectivity index (χ1n) is 22.1. The Morgan fingerprint density at radius 3 is 0.750 bits per heavy atom. The van der Waals surface area contributed by atoms with Gasteiger partial charge in [0, 0.05) is 0 Å². The summed E-state index contributed by atoms with van der Waals surface area (Å²) in [6.45, 7) is 0. The molecule has 0 aliphatic carbocycles. The molecule has 0 heterocycles. The molecule has 0 amide bonds. The van der Waals surface area contributed by atoms with E-state index in [1.807, 2.05) is 0 Å². The average Bonchev–Trinajstić information content (AvgIpc) is 3.38. The van der Waals surface area contributed by atoms with Crippen molar-refractivity contribution in [3.05, 3.63) is 255 Å². The fourth-order valence-electron chi connectivity index (χ4n) is 9.72. The maximum absolute atomic E-state index is 2.31. The van der Waals surface area contributed by atoms with Gasteiger partial charge in [-0.3, -0.25) is 0 Å². The number of hydrogen-bond acceptors (Lipinski definition) is 0. The molecule has 12 aromatic rings. The van der Waals surface area contributed by atoms with Crippen LogP contribution in [0.15, 0.2) is 255 Å². The van der Waals surface area contributed by atoms with Crippen molar-refractivity contribution < 1.29 is 0 Å². The Balaban J connectivity index is 0.828. The molecule has 0 unspecified atom stereocenters. The van der Waals surface area contributed by atoms with Crippen LogP contribution >= 0.6 is 0 Å². The van der Waals surface area contributed by atoms with Gasteiger partial charge in [0.05, 0.1) is 0 Å². The van der Waals surface area contributed by atoms with Crippen molar-refractivity contribution >= 4 is 43.1 Å². The molecule has 298 valence electrons. The molecule has 0 atom stereocenters. The zero-order valence-electron chi connectivity index (χ0n) is 35.2. The lowest BCUT2D eigenvalue weighted by Gasteiger charge is -2.18. The van der Waals surface area contributed by atoms with E-state index in [9.17, 15) is 0 Å². The Bertz CT molecular complexity index is 3600. The molecule has 0 nitrogen and oxygen atoms in total. The first-order chi connectivity index (χ1) is 31.7. The third-order valence-electron chi connectivity index (χ3n) is 13.1. The van der Waals surface area contributed by atoms with Gasteiger partial charge in [-0.2, -0.15) is 0 Å². The molecule has 64 heavy (non-hydrogen) atoms. The van der Waals surface area contributed by atoms with Crippen LogP contribution in [0.1, 0.15) is 0 Å². The molecule has 12 aromatic carbocycles. The molecule has 0 fully saturated rings. The van der Waals surface area contributed by atoms with Crippen LogP contribution in [0.4, 0.5) is 0 Å². The highest BCUT2D eigenvalue weighted by Crippen LogP contribution is 2.44. The molecule has 0 heteroatoms. The van der Waals surface area contributed by atoms with Crippen molar-refractivity contribution in [3.8, 4) is 77.9 Å². The van der Waals surface area contributed by atoms with Crippen molar-refractivity contribution in [1.82, 2.24) is 0 Å². The van der Waals surface area contributed by atoms with Crippen LogP contribution in [0.5, 0.6) is 0 Å². The smallest absolute Gasteiger partial charge is 0.00264 e. The van der Waals surface area contributed by atoms with Gasteiger partial charge in [0.1, 0.15) is 0 Å². The normalized spacial score (nSPS) is 11.4. The minimum Gasteiger partial charge on any atom is -0.0622 e. The van der Waals surface area contributed by atoms with E-state index >= 15 is 0 Å². The Hall–Kier alpha value is -8.32.